The third-order valence-electron chi connectivity index (χ3n) is 1.49. The Balaban J connectivity index is 4.96. The lowest BCUT2D eigenvalue weighted by molar-refractivity contribution is -0.146. The molecule has 0 radical (unpaired) electrons. The van der Waals surface area contributed by atoms with Crippen LogP contribution in [-0.4, -0.2) is 33.0 Å². The minimum absolute atomic E-state index is 0.0166. The van der Waals surface area contributed by atoms with Crippen molar-refractivity contribution in [2.45, 2.75) is 13.3 Å². The molecule has 0 rings (SSSR count). The summed E-state index contributed by atoms with van der Waals surface area (Å²) in [6, 6.07) is 0. The van der Waals surface area contributed by atoms with Gasteiger partial charge in [-0.1, -0.05) is 6.92 Å². The molecule has 0 fully saturated rings. The van der Waals surface area contributed by atoms with Gasteiger partial charge >= 0.3 is 11.9 Å². The maximum absolute atomic E-state index is 10.6. The molecular weight excluding hydrogens is 204 g/mol. The molecule has 0 spiro atoms. The number of carboxylic acids is 2. The molecule has 0 heterocycles. The normalized spacial score (nSPS) is 12.3. The SMILES string of the molecule is CCC(=CC(=O)O)C(O)=CC(=O)C(=O)O. The number of carboxylic acid groups (broad SMARTS) is 2. The van der Waals surface area contributed by atoms with Crippen molar-refractivity contribution in [1.82, 2.24) is 0 Å². The van der Waals surface area contributed by atoms with Gasteiger partial charge in [-0.05, 0) is 6.42 Å². The van der Waals surface area contributed by atoms with Gasteiger partial charge in [-0.3, -0.25) is 4.79 Å². The molecule has 0 aliphatic heterocycles. The first-order valence-corrected chi connectivity index (χ1v) is 4.00. The zero-order valence-electron chi connectivity index (χ0n) is 7.93. The molecule has 0 amide bonds. The lowest BCUT2D eigenvalue weighted by Gasteiger charge is -2.00. The Hall–Kier alpha value is -2.11. The fraction of sp³-hybridized carbons (Fsp3) is 0.222. The van der Waals surface area contributed by atoms with Crippen molar-refractivity contribution < 1.29 is 29.7 Å². The summed E-state index contributed by atoms with van der Waals surface area (Å²) in [6.07, 6.45) is 1.35. The van der Waals surface area contributed by atoms with Crippen molar-refractivity contribution in [2.24, 2.45) is 0 Å². The van der Waals surface area contributed by atoms with Crippen LogP contribution in [-0.2, 0) is 14.4 Å². The van der Waals surface area contributed by atoms with Crippen molar-refractivity contribution in [1.29, 1.82) is 0 Å². The molecule has 3 N–H and O–H groups in total. The lowest BCUT2D eigenvalue weighted by Crippen LogP contribution is -2.10. The van der Waals surface area contributed by atoms with E-state index in [-0.39, 0.29) is 12.0 Å². The first kappa shape index (κ1) is 12.9. The fourth-order valence-corrected chi connectivity index (χ4v) is 0.785. The highest BCUT2D eigenvalue weighted by Crippen LogP contribution is 2.10. The van der Waals surface area contributed by atoms with Crippen molar-refractivity contribution >= 4 is 17.7 Å². The third kappa shape index (κ3) is 4.61. The number of hydrogen-bond donors (Lipinski definition) is 3. The van der Waals surface area contributed by atoms with Crippen LogP contribution in [0, 0.1) is 0 Å². The topological polar surface area (TPSA) is 112 Å². The Kier molecular flexibility index (Phi) is 4.80. The van der Waals surface area contributed by atoms with Crippen LogP contribution in [0.15, 0.2) is 23.5 Å². The van der Waals surface area contributed by atoms with Crippen LogP contribution >= 0.6 is 0 Å². The summed E-state index contributed by atoms with van der Waals surface area (Å²) in [5, 5.41) is 25.8. The van der Waals surface area contributed by atoms with Crippen molar-refractivity contribution in [2.75, 3.05) is 0 Å². The molecule has 6 heteroatoms. The predicted molar refractivity (Wildman–Crippen MR) is 49.4 cm³/mol. The minimum atomic E-state index is -1.72. The molecule has 0 aliphatic carbocycles. The zero-order chi connectivity index (χ0) is 12.0. The monoisotopic (exact) mass is 214 g/mol. The summed E-state index contributed by atoms with van der Waals surface area (Å²) < 4.78 is 0. The molecule has 0 atom stereocenters. The maximum atomic E-state index is 10.6. The lowest BCUT2D eigenvalue weighted by atomic mass is 10.1. The van der Waals surface area contributed by atoms with E-state index >= 15 is 0 Å². The maximum Gasteiger partial charge on any atom is 0.376 e. The molecule has 0 unspecified atom stereocenters. The molecule has 82 valence electrons. The van der Waals surface area contributed by atoms with Crippen LogP contribution in [0.4, 0.5) is 0 Å². The molecule has 6 nitrogen and oxygen atoms in total. The Morgan fingerprint density at radius 3 is 1.93 bits per heavy atom. The van der Waals surface area contributed by atoms with E-state index in [0.717, 1.165) is 0 Å². The second-order valence-electron chi connectivity index (χ2n) is 2.56. The molecule has 0 saturated carbocycles. The summed E-state index contributed by atoms with van der Waals surface area (Å²) in [7, 11) is 0. The van der Waals surface area contributed by atoms with E-state index in [2.05, 4.69) is 0 Å². The average Bonchev–Trinajstić information content (AvgIpc) is 2.13. The zero-order valence-corrected chi connectivity index (χ0v) is 7.93. The minimum Gasteiger partial charge on any atom is -0.508 e. The summed E-state index contributed by atoms with van der Waals surface area (Å²) in [5.74, 6) is -4.95. The van der Waals surface area contributed by atoms with Crippen LogP contribution < -0.4 is 0 Å². The number of carbonyl (C=O) groups excluding carboxylic acids is 1. The van der Waals surface area contributed by atoms with Gasteiger partial charge < -0.3 is 15.3 Å². The number of aliphatic hydroxyl groups excluding tert-OH is 1. The highest BCUT2D eigenvalue weighted by Gasteiger charge is 2.11. The highest BCUT2D eigenvalue weighted by atomic mass is 16.4. The summed E-state index contributed by atoms with van der Waals surface area (Å²) in [4.78, 5) is 31.1. The van der Waals surface area contributed by atoms with Crippen LogP contribution in [0.5, 0.6) is 0 Å². The highest BCUT2D eigenvalue weighted by molar-refractivity contribution is 6.37. The number of hydrogen-bond acceptors (Lipinski definition) is 4. The number of ketones is 1. The Bertz CT molecular complexity index is 350. The van der Waals surface area contributed by atoms with Crippen LogP contribution in [0.1, 0.15) is 13.3 Å². The van der Waals surface area contributed by atoms with Gasteiger partial charge in [-0.15, -0.1) is 0 Å². The largest absolute Gasteiger partial charge is 0.508 e. The third-order valence-corrected chi connectivity index (χ3v) is 1.49. The van der Waals surface area contributed by atoms with Gasteiger partial charge in [0.15, 0.2) is 0 Å². The van der Waals surface area contributed by atoms with Crippen molar-refractivity contribution in [3.63, 3.8) is 0 Å². The van der Waals surface area contributed by atoms with Crippen LogP contribution in [0.3, 0.4) is 0 Å². The van der Waals surface area contributed by atoms with E-state index in [1.807, 2.05) is 0 Å². The van der Waals surface area contributed by atoms with Gasteiger partial charge in [0.2, 0.25) is 0 Å². The summed E-state index contributed by atoms with van der Waals surface area (Å²) >= 11 is 0. The fourth-order valence-electron chi connectivity index (χ4n) is 0.785. The molecule has 15 heavy (non-hydrogen) atoms. The van der Waals surface area contributed by atoms with E-state index in [4.69, 9.17) is 10.2 Å². The Morgan fingerprint density at radius 2 is 1.60 bits per heavy atom. The molecule has 0 bridgehead atoms. The molecule has 0 saturated heterocycles. The number of aliphatic carboxylic acids is 2. The van der Waals surface area contributed by atoms with E-state index < -0.39 is 23.5 Å². The first-order chi connectivity index (χ1) is 6.88. The molecule has 0 aromatic carbocycles. The van der Waals surface area contributed by atoms with Crippen LogP contribution in [0.25, 0.3) is 0 Å². The van der Waals surface area contributed by atoms with Crippen molar-refractivity contribution in [3.05, 3.63) is 23.5 Å². The number of allylic oxidation sites excluding steroid dienone is 1. The van der Waals surface area contributed by atoms with E-state index in [1.54, 1.807) is 6.92 Å². The second-order valence-corrected chi connectivity index (χ2v) is 2.56. The van der Waals surface area contributed by atoms with Gasteiger partial charge in [0, 0.05) is 17.7 Å². The Morgan fingerprint density at radius 1 is 1.07 bits per heavy atom. The molecular formula is C9H10O6. The Labute approximate surface area is 85.1 Å². The van der Waals surface area contributed by atoms with E-state index in [0.29, 0.717) is 12.2 Å². The first-order valence-electron chi connectivity index (χ1n) is 4.00. The standard InChI is InChI=1S/C9H10O6/c1-2-5(3-8(12)13)6(10)4-7(11)9(14)15/h3-4,10H,2H2,1H3,(H,12,13)(H,14,15). The number of rotatable bonds is 5. The predicted octanol–water partition coefficient (Wildman–Crippen LogP) is 0.503. The summed E-state index contributed by atoms with van der Waals surface area (Å²) in [6.45, 7) is 1.56. The molecule has 0 aliphatic rings. The van der Waals surface area contributed by atoms with Gasteiger partial charge in [-0.2, -0.15) is 0 Å². The van der Waals surface area contributed by atoms with Gasteiger partial charge in [0.05, 0.1) is 0 Å². The quantitative estimate of drug-likeness (QED) is 0.266. The van der Waals surface area contributed by atoms with Gasteiger partial charge in [0.1, 0.15) is 5.76 Å². The average molecular weight is 214 g/mol. The van der Waals surface area contributed by atoms with E-state index in [1.165, 1.54) is 0 Å². The summed E-state index contributed by atoms with van der Waals surface area (Å²) in [5.41, 5.74) is -0.0166. The van der Waals surface area contributed by atoms with Crippen molar-refractivity contribution in [3.8, 4) is 0 Å². The smallest absolute Gasteiger partial charge is 0.376 e. The number of aliphatic hydroxyl groups is 1. The van der Waals surface area contributed by atoms with Crippen LogP contribution in [0.2, 0.25) is 0 Å². The second kappa shape index (κ2) is 5.58. The van der Waals surface area contributed by atoms with Gasteiger partial charge in [-0.25, -0.2) is 9.59 Å². The number of carbonyl (C=O) groups is 3. The van der Waals surface area contributed by atoms with Gasteiger partial charge in [0.25, 0.3) is 5.78 Å². The molecule has 0 aromatic heterocycles. The van der Waals surface area contributed by atoms with E-state index in [9.17, 15) is 19.5 Å². The molecule has 0 aromatic rings.